The predicted molar refractivity (Wildman–Crippen MR) is 57.8 cm³/mol. The fourth-order valence-electron chi connectivity index (χ4n) is 1.09. The minimum absolute atomic E-state index is 0.219. The van der Waals surface area contributed by atoms with Crippen LogP contribution in [0.4, 0.5) is 0 Å². The molecule has 0 amide bonds. The molecule has 1 aromatic carbocycles. The first kappa shape index (κ1) is 9.94. The molecule has 0 saturated heterocycles. The summed E-state index contributed by atoms with van der Waals surface area (Å²) in [6.45, 7) is 3.79. The van der Waals surface area contributed by atoms with Gasteiger partial charge in [-0.25, -0.2) is 0 Å². The van der Waals surface area contributed by atoms with Crippen molar-refractivity contribution >= 4 is 24.2 Å². The van der Waals surface area contributed by atoms with Crippen molar-refractivity contribution in [1.82, 2.24) is 0 Å². The molecule has 0 heterocycles. The van der Waals surface area contributed by atoms with Crippen LogP contribution in [-0.4, -0.2) is 0 Å². The summed E-state index contributed by atoms with van der Waals surface area (Å²) in [4.78, 5) is 0. The maximum atomic E-state index is 5.99. The zero-order valence-corrected chi connectivity index (χ0v) is 8.48. The maximum Gasteiger partial charge on any atom is 0.0449 e. The number of hydrogen-bond donors (Lipinski definition) is 1. The Kier molecular flexibility index (Phi) is 3.96. The van der Waals surface area contributed by atoms with Crippen LogP contribution in [0.1, 0.15) is 23.7 Å². The van der Waals surface area contributed by atoms with E-state index in [1.165, 1.54) is 0 Å². The molecule has 1 rings (SSSR count). The van der Waals surface area contributed by atoms with Gasteiger partial charge in [-0.1, -0.05) is 43.1 Å². The smallest absolute Gasteiger partial charge is 0.0449 e. The SMILES string of the molecule is [CH2]CCC(S)c1ccccc1Cl. The van der Waals surface area contributed by atoms with E-state index in [1.54, 1.807) is 0 Å². The molecule has 0 aromatic heterocycles. The van der Waals surface area contributed by atoms with Crippen LogP contribution in [0, 0.1) is 6.92 Å². The fourth-order valence-corrected chi connectivity index (χ4v) is 1.85. The van der Waals surface area contributed by atoms with E-state index in [4.69, 9.17) is 11.6 Å². The fraction of sp³-hybridized carbons (Fsp3) is 0.300. The summed E-state index contributed by atoms with van der Waals surface area (Å²) in [7, 11) is 0. The normalized spacial score (nSPS) is 12.9. The van der Waals surface area contributed by atoms with Gasteiger partial charge in [0.1, 0.15) is 0 Å². The summed E-state index contributed by atoms with van der Waals surface area (Å²) in [5.41, 5.74) is 1.10. The summed E-state index contributed by atoms with van der Waals surface area (Å²) >= 11 is 10.4. The van der Waals surface area contributed by atoms with E-state index in [1.807, 2.05) is 24.3 Å². The highest BCUT2D eigenvalue weighted by Crippen LogP contribution is 2.30. The summed E-state index contributed by atoms with van der Waals surface area (Å²) in [6.07, 6.45) is 1.85. The zero-order chi connectivity index (χ0) is 8.97. The lowest BCUT2D eigenvalue weighted by Crippen LogP contribution is -1.90. The van der Waals surface area contributed by atoms with Gasteiger partial charge in [0, 0.05) is 10.3 Å². The Bertz CT molecular complexity index is 247. The lowest BCUT2D eigenvalue weighted by molar-refractivity contribution is 0.826. The summed E-state index contributed by atoms with van der Waals surface area (Å²) in [5.74, 6) is 0. The number of thiol groups is 1. The van der Waals surface area contributed by atoms with Crippen molar-refractivity contribution in [3.05, 3.63) is 41.8 Å². The number of halogens is 1. The molecule has 0 bridgehead atoms. The second-order valence-electron chi connectivity index (χ2n) is 2.68. The van der Waals surface area contributed by atoms with Gasteiger partial charge in [0.2, 0.25) is 0 Å². The van der Waals surface area contributed by atoms with Crippen molar-refractivity contribution < 1.29 is 0 Å². The van der Waals surface area contributed by atoms with Gasteiger partial charge < -0.3 is 0 Å². The minimum atomic E-state index is 0.219. The second kappa shape index (κ2) is 4.78. The third-order valence-electron chi connectivity index (χ3n) is 1.74. The molecule has 65 valence electrons. The molecular weight excluding hydrogens is 188 g/mol. The van der Waals surface area contributed by atoms with Crippen LogP contribution in [0.3, 0.4) is 0 Å². The van der Waals surface area contributed by atoms with Crippen molar-refractivity contribution in [2.24, 2.45) is 0 Å². The lowest BCUT2D eigenvalue weighted by atomic mass is 10.1. The Morgan fingerprint density at radius 3 is 2.67 bits per heavy atom. The molecule has 0 saturated carbocycles. The molecule has 0 N–H and O–H groups in total. The molecular formula is C10H12ClS. The molecule has 0 aliphatic carbocycles. The van der Waals surface area contributed by atoms with Crippen LogP contribution >= 0.6 is 24.2 Å². The molecule has 0 aliphatic heterocycles. The summed E-state index contributed by atoms with van der Waals surface area (Å²) < 4.78 is 0. The Hall–Kier alpha value is -0.140. The first-order valence-electron chi connectivity index (χ1n) is 3.97. The van der Waals surface area contributed by atoms with E-state index in [0.717, 1.165) is 23.4 Å². The summed E-state index contributed by atoms with van der Waals surface area (Å²) in [5, 5.41) is 1.02. The average Bonchev–Trinajstić information content (AvgIpc) is 2.05. The Morgan fingerprint density at radius 1 is 1.42 bits per heavy atom. The summed E-state index contributed by atoms with van der Waals surface area (Å²) in [6, 6.07) is 7.81. The Balaban J connectivity index is 2.79. The second-order valence-corrected chi connectivity index (χ2v) is 3.71. The lowest BCUT2D eigenvalue weighted by Gasteiger charge is -2.10. The van der Waals surface area contributed by atoms with Gasteiger partial charge in [-0.05, 0) is 18.1 Å². The molecule has 0 spiro atoms. The van der Waals surface area contributed by atoms with E-state index >= 15 is 0 Å². The molecule has 1 unspecified atom stereocenters. The largest absolute Gasteiger partial charge is 0.171 e. The minimum Gasteiger partial charge on any atom is -0.171 e. The Morgan fingerprint density at radius 2 is 2.08 bits per heavy atom. The highest BCUT2D eigenvalue weighted by molar-refractivity contribution is 7.80. The van der Waals surface area contributed by atoms with Crippen molar-refractivity contribution in [1.29, 1.82) is 0 Å². The molecule has 0 fully saturated rings. The first-order chi connectivity index (χ1) is 5.75. The van der Waals surface area contributed by atoms with E-state index in [2.05, 4.69) is 19.6 Å². The van der Waals surface area contributed by atoms with Crippen LogP contribution in [0.15, 0.2) is 24.3 Å². The van der Waals surface area contributed by atoms with Gasteiger partial charge >= 0.3 is 0 Å². The monoisotopic (exact) mass is 199 g/mol. The molecule has 2 heteroatoms. The van der Waals surface area contributed by atoms with Crippen molar-refractivity contribution in [2.45, 2.75) is 18.1 Å². The van der Waals surface area contributed by atoms with Crippen LogP contribution < -0.4 is 0 Å². The topological polar surface area (TPSA) is 0 Å². The molecule has 1 aromatic rings. The van der Waals surface area contributed by atoms with E-state index < -0.39 is 0 Å². The quantitative estimate of drug-likeness (QED) is 0.701. The van der Waals surface area contributed by atoms with Gasteiger partial charge in [0.25, 0.3) is 0 Å². The highest BCUT2D eigenvalue weighted by Gasteiger charge is 2.07. The molecule has 1 radical (unpaired) electrons. The van der Waals surface area contributed by atoms with Gasteiger partial charge in [-0.15, -0.1) is 0 Å². The van der Waals surface area contributed by atoms with Gasteiger partial charge in [-0.2, -0.15) is 12.6 Å². The van der Waals surface area contributed by atoms with Crippen LogP contribution in [0.25, 0.3) is 0 Å². The molecule has 1 atom stereocenters. The van der Waals surface area contributed by atoms with Crippen molar-refractivity contribution in [3.8, 4) is 0 Å². The maximum absolute atomic E-state index is 5.99. The van der Waals surface area contributed by atoms with Crippen LogP contribution in [0.2, 0.25) is 5.02 Å². The highest BCUT2D eigenvalue weighted by atomic mass is 35.5. The number of hydrogen-bond acceptors (Lipinski definition) is 1. The Labute approximate surface area is 84.3 Å². The van der Waals surface area contributed by atoms with E-state index in [-0.39, 0.29) is 5.25 Å². The van der Waals surface area contributed by atoms with Gasteiger partial charge in [0.15, 0.2) is 0 Å². The number of rotatable bonds is 3. The zero-order valence-electron chi connectivity index (χ0n) is 6.83. The van der Waals surface area contributed by atoms with Crippen molar-refractivity contribution in [3.63, 3.8) is 0 Å². The average molecular weight is 200 g/mol. The van der Waals surface area contributed by atoms with E-state index in [9.17, 15) is 0 Å². The molecule has 12 heavy (non-hydrogen) atoms. The third kappa shape index (κ3) is 2.43. The first-order valence-corrected chi connectivity index (χ1v) is 4.87. The van der Waals surface area contributed by atoms with Gasteiger partial charge in [0.05, 0.1) is 0 Å². The van der Waals surface area contributed by atoms with Crippen LogP contribution in [-0.2, 0) is 0 Å². The number of benzene rings is 1. The van der Waals surface area contributed by atoms with Gasteiger partial charge in [-0.3, -0.25) is 0 Å². The molecule has 0 nitrogen and oxygen atoms in total. The standard InChI is InChI=1S/C10H12ClS/c1-2-5-10(12)8-6-3-4-7-9(8)11/h3-4,6-7,10,12H,1-2,5H2. The van der Waals surface area contributed by atoms with Crippen LogP contribution in [0.5, 0.6) is 0 Å². The van der Waals surface area contributed by atoms with E-state index in [0.29, 0.717) is 0 Å². The van der Waals surface area contributed by atoms with Crippen molar-refractivity contribution in [2.75, 3.05) is 0 Å². The predicted octanol–water partition coefficient (Wildman–Crippen LogP) is 3.93. The molecule has 0 aliphatic rings. The third-order valence-corrected chi connectivity index (χ3v) is 2.62.